The first-order valence-electron chi connectivity index (χ1n) is 7.90. The van der Waals surface area contributed by atoms with Gasteiger partial charge in [-0.15, -0.1) is 12.4 Å². The molecular weight excluding hydrogens is 298 g/mol. The minimum atomic E-state index is -0.462. The van der Waals surface area contributed by atoms with E-state index in [4.69, 9.17) is 5.73 Å². The predicted molar refractivity (Wildman–Crippen MR) is 93.2 cm³/mol. The lowest BCUT2D eigenvalue weighted by molar-refractivity contribution is -0.123. The summed E-state index contributed by atoms with van der Waals surface area (Å²) >= 11 is 0. The van der Waals surface area contributed by atoms with Gasteiger partial charge in [0.15, 0.2) is 0 Å². The van der Waals surface area contributed by atoms with Crippen molar-refractivity contribution >= 4 is 18.3 Å². The Bertz CT molecular complexity index is 444. The molecule has 0 aliphatic carbocycles. The highest BCUT2D eigenvalue weighted by atomic mass is 35.5. The van der Waals surface area contributed by atoms with Crippen molar-refractivity contribution < 1.29 is 4.79 Å². The van der Waals surface area contributed by atoms with Crippen molar-refractivity contribution in [2.45, 2.75) is 51.2 Å². The molecular formula is C17H28ClN3O. The van der Waals surface area contributed by atoms with Gasteiger partial charge < -0.3 is 16.0 Å². The number of likely N-dealkylation sites (tertiary alicyclic amines) is 1. The lowest BCUT2D eigenvalue weighted by Crippen LogP contribution is -2.51. The molecule has 5 heteroatoms. The van der Waals surface area contributed by atoms with Crippen molar-refractivity contribution in [1.29, 1.82) is 0 Å². The van der Waals surface area contributed by atoms with E-state index in [-0.39, 0.29) is 24.4 Å². The van der Waals surface area contributed by atoms with E-state index in [1.165, 1.54) is 0 Å². The molecule has 1 aromatic rings. The lowest BCUT2D eigenvalue weighted by Gasteiger charge is -2.35. The van der Waals surface area contributed by atoms with Crippen molar-refractivity contribution in [3.05, 3.63) is 35.9 Å². The van der Waals surface area contributed by atoms with Gasteiger partial charge in [0, 0.05) is 25.2 Å². The fraction of sp³-hybridized carbons (Fsp3) is 0.588. The number of hydrogen-bond donors (Lipinski definition) is 2. The van der Waals surface area contributed by atoms with Gasteiger partial charge in [-0.3, -0.25) is 4.79 Å². The normalized spacial score (nSPS) is 17.8. The number of carbonyl (C=O) groups excluding carboxylic acids is 1. The molecule has 3 N–H and O–H groups in total. The summed E-state index contributed by atoms with van der Waals surface area (Å²) in [6, 6.07) is 10.3. The fourth-order valence-corrected chi connectivity index (χ4v) is 2.83. The second-order valence-electron chi connectivity index (χ2n) is 6.21. The molecule has 2 rings (SSSR count). The summed E-state index contributed by atoms with van der Waals surface area (Å²) in [5, 5.41) is 3.11. The van der Waals surface area contributed by atoms with Gasteiger partial charge in [0.1, 0.15) is 0 Å². The Balaban J connectivity index is 0.00000242. The maximum atomic E-state index is 12.2. The number of nitrogens with two attached hydrogens (primary N) is 1. The van der Waals surface area contributed by atoms with Crippen LogP contribution >= 0.6 is 12.4 Å². The lowest BCUT2D eigenvalue weighted by atomic mass is 10.0. The molecule has 1 aliphatic rings. The van der Waals surface area contributed by atoms with Gasteiger partial charge >= 0.3 is 0 Å². The first-order valence-corrected chi connectivity index (χ1v) is 7.90. The number of halogens is 1. The van der Waals surface area contributed by atoms with E-state index in [9.17, 15) is 4.79 Å². The molecule has 0 spiro atoms. The van der Waals surface area contributed by atoms with Crippen molar-refractivity contribution in [2.75, 3.05) is 13.1 Å². The summed E-state index contributed by atoms with van der Waals surface area (Å²) in [5.41, 5.74) is 7.13. The Morgan fingerprint density at radius 1 is 1.27 bits per heavy atom. The summed E-state index contributed by atoms with van der Waals surface area (Å²) in [6.45, 7) is 6.54. The summed E-state index contributed by atoms with van der Waals surface area (Å²) in [7, 11) is 0. The van der Waals surface area contributed by atoms with E-state index in [1.807, 2.05) is 30.3 Å². The number of nitrogens with one attached hydrogen (secondary N) is 1. The third-order valence-electron chi connectivity index (χ3n) is 4.24. The molecule has 1 aliphatic heterocycles. The number of nitrogens with zero attached hydrogens (tertiary/aromatic N) is 1. The first kappa shape index (κ1) is 18.9. The third-order valence-corrected chi connectivity index (χ3v) is 4.24. The minimum Gasteiger partial charge on any atom is -0.352 e. The molecule has 4 nitrogen and oxygen atoms in total. The van der Waals surface area contributed by atoms with Crippen LogP contribution in [-0.4, -0.2) is 42.0 Å². The van der Waals surface area contributed by atoms with Crippen LogP contribution in [0.15, 0.2) is 30.3 Å². The maximum Gasteiger partial charge on any atom is 0.237 e. The van der Waals surface area contributed by atoms with Gasteiger partial charge in [-0.1, -0.05) is 30.3 Å². The smallest absolute Gasteiger partial charge is 0.237 e. The van der Waals surface area contributed by atoms with Crippen molar-refractivity contribution in [2.24, 2.45) is 5.73 Å². The molecule has 1 amide bonds. The summed E-state index contributed by atoms with van der Waals surface area (Å²) < 4.78 is 0. The highest BCUT2D eigenvalue weighted by molar-refractivity contribution is 5.85. The maximum absolute atomic E-state index is 12.2. The second-order valence-corrected chi connectivity index (χ2v) is 6.21. The van der Waals surface area contributed by atoms with Crippen LogP contribution in [0.5, 0.6) is 0 Å². The summed E-state index contributed by atoms with van der Waals surface area (Å²) in [4.78, 5) is 14.6. The molecule has 1 aromatic carbocycles. The summed E-state index contributed by atoms with van der Waals surface area (Å²) in [5.74, 6) is -0.0261. The molecule has 1 fully saturated rings. The van der Waals surface area contributed by atoms with Crippen molar-refractivity contribution in [1.82, 2.24) is 10.2 Å². The van der Waals surface area contributed by atoms with Gasteiger partial charge in [-0.25, -0.2) is 0 Å². The van der Waals surface area contributed by atoms with Crippen LogP contribution in [0.3, 0.4) is 0 Å². The Hall–Kier alpha value is -1.10. The number of piperidine rings is 1. The number of rotatable bonds is 5. The van der Waals surface area contributed by atoms with Crippen LogP contribution in [0.1, 0.15) is 32.3 Å². The van der Waals surface area contributed by atoms with Crippen LogP contribution in [0, 0.1) is 0 Å². The number of hydrogen-bond acceptors (Lipinski definition) is 3. The minimum absolute atomic E-state index is 0. The van der Waals surface area contributed by atoms with E-state index in [0.717, 1.165) is 31.5 Å². The van der Waals surface area contributed by atoms with E-state index in [2.05, 4.69) is 24.1 Å². The molecule has 0 bridgehead atoms. The number of amides is 1. The highest BCUT2D eigenvalue weighted by Gasteiger charge is 2.23. The fourth-order valence-electron chi connectivity index (χ4n) is 2.83. The van der Waals surface area contributed by atoms with Gasteiger partial charge in [-0.2, -0.15) is 0 Å². The van der Waals surface area contributed by atoms with E-state index in [0.29, 0.717) is 12.5 Å². The highest BCUT2D eigenvalue weighted by Crippen LogP contribution is 2.13. The molecule has 1 atom stereocenters. The second kappa shape index (κ2) is 9.13. The predicted octanol–water partition coefficient (Wildman–Crippen LogP) is 1.97. The SMILES string of the molecule is CC(C)N1CCC(NC(=O)[C@@H](N)Cc2ccccc2)CC1.Cl. The molecule has 0 radical (unpaired) electrons. The quantitative estimate of drug-likeness (QED) is 0.870. The van der Waals surface area contributed by atoms with Gasteiger partial charge in [0.25, 0.3) is 0 Å². The van der Waals surface area contributed by atoms with Gasteiger partial charge in [0.2, 0.25) is 5.91 Å². The summed E-state index contributed by atoms with van der Waals surface area (Å²) in [6.07, 6.45) is 2.63. The molecule has 1 saturated heterocycles. The standard InChI is InChI=1S/C17H27N3O.ClH/c1-13(2)20-10-8-15(9-11-20)19-17(21)16(18)12-14-6-4-3-5-7-14;/h3-7,13,15-16H,8-12,18H2,1-2H3,(H,19,21);1H/t16-;/m0./s1. The van der Waals surface area contributed by atoms with Crippen LogP contribution in [-0.2, 0) is 11.2 Å². The molecule has 0 aromatic heterocycles. The first-order chi connectivity index (χ1) is 10.1. The van der Waals surface area contributed by atoms with E-state index >= 15 is 0 Å². The molecule has 124 valence electrons. The Kier molecular flexibility index (Phi) is 7.87. The van der Waals surface area contributed by atoms with Crippen molar-refractivity contribution in [3.63, 3.8) is 0 Å². The van der Waals surface area contributed by atoms with Crippen LogP contribution < -0.4 is 11.1 Å². The van der Waals surface area contributed by atoms with Crippen LogP contribution in [0.2, 0.25) is 0 Å². The topological polar surface area (TPSA) is 58.4 Å². The monoisotopic (exact) mass is 325 g/mol. The average Bonchev–Trinajstić information content (AvgIpc) is 2.48. The Morgan fingerprint density at radius 3 is 2.41 bits per heavy atom. The molecule has 0 unspecified atom stereocenters. The van der Waals surface area contributed by atoms with E-state index in [1.54, 1.807) is 0 Å². The van der Waals surface area contributed by atoms with Crippen LogP contribution in [0.4, 0.5) is 0 Å². The number of benzene rings is 1. The van der Waals surface area contributed by atoms with Crippen molar-refractivity contribution in [3.8, 4) is 0 Å². The Morgan fingerprint density at radius 2 is 1.86 bits per heavy atom. The van der Waals surface area contributed by atoms with E-state index < -0.39 is 6.04 Å². The third kappa shape index (κ3) is 5.59. The van der Waals surface area contributed by atoms with Crippen LogP contribution in [0.25, 0.3) is 0 Å². The zero-order chi connectivity index (χ0) is 15.2. The molecule has 0 saturated carbocycles. The zero-order valence-corrected chi connectivity index (χ0v) is 14.3. The largest absolute Gasteiger partial charge is 0.352 e. The van der Waals surface area contributed by atoms with Gasteiger partial charge in [0.05, 0.1) is 6.04 Å². The average molecular weight is 326 g/mol. The number of carbonyl (C=O) groups is 1. The zero-order valence-electron chi connectivity index (χ0n) is 13.5. The molecule has 1 heterocycles. The van der Waals surface area contributed by atoms with Gasteiger partial charge in [-0.05, 0) is 38.7 Å². The Labute approximate surface area is 139 Å². The molecule has 22 heavy (non-hydrogen) atoms.